The number of carbonyl (C=O) groups excluding carboxylic acids is 2. The average molecular weight is 364 g/mol. The van der Waals surface area contributed by atoms with Gasteiger partial charge in [-0.15, -0.1) is 0 Å². The molecule has 3 aromatic rings. The molecule has 0 spiro atoms. The second-order valence-electron chi connectivity index (χ2n) is 6.16. The number of rotatable bonds is 5. The maximum Gasteiger partial charge on any atom is 0.343 e. The van der Waals surface area contributed by atoms with Crippen LogP contribution in [0.1, 0.15) is 21.6 Å². The first kappa shape index (κ1) is 18.4. The van der Waals surface area contributed by atoms with Crippen molar-refractivity contribution in [2.75, 3.05) is 19.0 Å². The number of anilines is 1. The Morgan fingerprint density at radius 3 is 2.48 bits per heavy atom. The van der Waals surface area contributed by atoms with Crippen molar-refractivity contribution >= 4 is 28.5 Å². The van der Waals surface area contributed by atoms with E-state index in [4.69, 9.17) is 4.74 Å². The minimum atomic E-state index is -0.457. The maximum atomic E-state index is 12.7. The summed E-state index contributed by atoms with van der Waals surface area (Å²) in [6.07, 6.45) is 0. The van der Waals surface area contributed by atoms with Crippen molar-refractivity contribution in [1.29, 1.82) is 0 Å². The molecule has 6 heteroatoms. The van der Waals surface area contributed by atoms with Crippen LogP contribution in [-0.4, -0.2) is 30.6 Å². The molecule has 1 aromatic heterocycles. The topological polar surface area (TPSA) is 77.5 Å². The van der Waals surface area contributed by atoms with Gasteiger partial charge in [0.25, 0.3) is 5.91 Å². The Kier molecular flexibility index (Phi) is 5.35. The van der Waals surface area contributed by atoms with E-state index in [0.29, 0.717) is 22.7 Å². The predicted molar refractivity (Wildman–Crippen MR) is 103 cm³/mol. The number of fused-ring (bicyclic) bond motifs is 1. The lowest BCUT2D eigenvalue weighted by Gasteiger charge is -2.10. The van der Waals surface area contributed by atoms with Gasteiger partial charge in [-0.05, 0) is 56.3 Å². The summed E-state index contributed by atoms with van der Waals surface area (Å²) in [6, 6.07) is 14.6. The van der Waals surface area contributed by atoms with Crippen LogP contribution in [0.25, 0.3) is 10.9 Å². The van der Waals surface area contributed by atoms with Gasteiger partial charge in [0, 0.05) is 11.1 Å². The Morgan fingerprint density at radius 2 is 1.78 bits per heavy atom. The maximum absolute atomic E-state index is 12.7. The van der Waals surface area contributed by atoms with Gasteiger partial charge in [0.15, 0.2) is 6.61 Å². The summed E-state index contributed by atoms with van der Waals surface area (Å²) < 4.78 is 9.80. The van der Waals surface area contributed by atoms with Crippen LogP contribution in [0, 0.1) is 13.8 Å². The van der Waals surface area contributed by atoms with Gasteiger partial charge in [0.1, 0.15) is 5.75 Å². The molecule has 0 bridgehead atoms. The fraction of sp³-hybridized carbons (Fsp3) is 0.190. The zero-order valence-electron chi connectivity index (χ0n) is 15.4. The van der Waals surface area contributed by atoms with Gasteiger partial charge in [-0.3, -0.25) is 9.78 Å². The summed E-state index contributed by atoms with van der Waals surface area (Å²) in [7, 11) is 1.30. The number of pyridine rings is 1. The quantitative estimate of drug-likeness (QED) is 0.699. The Morgan fingerprint density at radius 1 is 1.04 bits per heavy atom. The van der Waals surface area contributed by atoms with Crippen molar-refractivity contribution in [3.8, 4) is 5.75 Å². The molecule has 27 heavy (non-hydrogen) atoms. The molecule has 0 aliphatic heterocycles. The lowest BCUT2D eigenvalue weighted by atomic mass is 10.1. The van der Waals surface area contributed by atoms with E-state index in [9.17, 15) is 9.59 Å². The standard InChI is InChI=1S/C21H20N2O4/c1-13-4-9-19-15(10-13)11-18(14(2)22-19)21(25)23-16-5-7-17(8-6-16)27-12-20(24)26-3/h4-11H,12H2,1-3H3,(H,23,25). The predicted octanol–water partition coefficient (Wildman–Crippen LogP) is 3.66. The zero-order valence-corrected chi connectivity index (χ0v) is 15.4. The molecule has 1 heterocycles. The van der Waals surface area contributed by atoms with Gasteiger partial charge >= 0.3 is 5.97 Å². The molecule has 2 aromatic carbocycles. The largest absolute Gasteiger partial charge is 0.482 e. The van der Waals surface area contributed by atoms with Crippen molar-refractivity contribution in [2.24, 2.45) is 0 Å². The Labute approximate surface area is 157 Å². The first-order valence-corrected chi connectivity index (χ1v) is 8.45. The van der Waals surface area contributed by atoms with Crippen molar-refractivity contribution in [3.05, 3.63) is 65.4 Å². The van der Waals surface area contributed by atoms with E-state index in [1.807, 2.05) is 38.1 Å². The molecule has 6 nitrogen and oxygen atoms in total. The van der Waals surface area contributed by atoms with E-state index in [1.165, 1.54) is 7.11 Å². The number of nitrogens with zero attached hydrogens (tertiary/aromatic N) is 1. The lowest BCUT2D eigenvalue weighted by Crippen LogP contribution is -2.14. The smallest absolute Gasteiger partial charge is 0.343 e. The van der Waals surface area contributed by atoms with Crippen LogP contribution >= 0.6 is 0 Å². The van der Waals surface area contributed by atoms with Crippen LogP contribution in [0.4, 0.5) is 5.69 Å². The first-order chi connectivity index (χ1) is 13.0. The summed E-state index contributed by atoms with van der Waals surface area (Å²) in [5.74, 6) is -0.175. The number of ether oxygens (including phenoxy) is 2. The highest BCUT2D eigenvalue weighted by molar-refractivity contribution is 6.06. The lowest BCUT2D eigenvalue weighted by molar-refractivity contribution is -0.142. The van der Waals surface area contributed by atoms with Crippen molar-refractivity contribution in [1.82, 2.24) is 4.98 Å². The van der Waals surface area contributed by atoms with Crippen LogP contribution in [0.3, 0.4) is 0 Å². The number of benzene rings is 2. The van der Waals surface area contributed by atoms with E-state index in [-0.39, 0.29) is 12.5 Å². The van der Waals surface area contributed by atoms with Gasteiger partial charge in [-0.25, -0.2) is 4.79 Å². The van der Waals surface area contributed by atoms with Gasteiger partial charge in [-0.1, -0.05) is 11.6 Å². The van der Waals surface area contributed by atoms with E-state index in [1.54, 1.807) is 24.3 Å². The molecular formula is C21H20N2O4. The zero-order chi connectivity index (χ0) is 19.4. The number of aromatic nitrogens is 1. The van der Waals surface area contributed by atoms with Crippen LogP contribution in [0.15, 0.2) is 48.5 Å². The van der Waals surface area contributed by atoms with Crippen LogP contribution in [-0.2, 0) is 9.53 Å². The third kappa shape index (κ3) is 4.41. The molecule has 0 unspecified atom stereocenters. The molecular weight excluding hydrogens is 344 g/mol. The second-order valence-corrected chi connectivity index (χ2v) is 6.16. The number of methoxy groups -OCH3 is 1. The Hall–Kier alpha value is -3.41. The van der Waals surface area contributed by atoms with Crippen molar-refractivity contribution in [2.45, 2.75) is 13.8 Å². The Bertz CT molecular complexity index is 997. The third-order valence-corrected chi connectivity index (χ3v) is 4.10. The van der Waals surface area contributed by atoms with Crippen LogP contribution < -0.4 is 10.1 Å². The number of esters is 1. The van der Waals surface area contributed by atoms with E-state index < -0.39 is 5.97 Å². The minimum absolute atomic E-state index is 0.163. The SMILES string of the molecule is COC(=O)COc1ccc(NC(=O)c2cc3cc(C)ccc3nc2C)cc1. The summed E-state index contributed by atoms with van der Waals surface area (Å²) in [4.78, 5) is 28.3. The van der Waals surface area contributed by atoms with E-state index in [0.717, 1.165) is 16.5 Å². The van der Waals surface area contributed by atoms with Gasteiger partial charge < -0.3 is 14.8 Å². The van der Waals surface area contributed by atoms with Crippen LogP contribution in [0.5, 0.6) is 5.75 Å². The molecule has 0 aliphatic rings. The highest BCUT2D eigenvalue weighted by Crippen LogP contribution is 2.20. The summed E-state index contributed by atoms with van der Waals surface area (Å²) in [5, 5.41) is 3.78. The fourth-order valence-electron chi connectivity index (χ4n) is 2.66. The summed E-state index contributed by atoms with van der Waals surface area (Å²) in [6.45, 7) is 3.66. The molecule has 138 valence electrons. The van der Waals surface area contributed by atoms with Gasteiger partial charge in [0.2, 0.25) is 0 Å². The molecule has 0 saturated heterocycles. The molecule has 0 atom stereocenters. The average Bonchev–Trinajstić information content (AvgIpc) is 2.66. The monoisotopic (exact) mass is 364 g/mol. The highest BCUT2D eigenvalue weighted by Gasteiger charge is 2.12. The van der Waals surface area contributed by atoms with E-state index in [2.05, 4.69) is 15.0 Å². The molecule has 0 saturated carbocycles. The molecule has 3 rings (SSSR count). The van der Waals surface area contributed by atoms with Crippen LogP contribution in [0.2, 0.25) is 0 Å². The van der Waals surface area contributed by atoms with Crippen molar-refractivity contribution in [3.63, 3.8) is 0 Å². The molecule has 1 amide bonds. The number of nitrogens with one attached hydrogen (secondary N) is 1. The summed E-state index contributed by atoms with van der Waals surface area (Å²) >= 11 is 0. The first-order valence-electron chi connectivity index (χ1n) is 8.45. The molecule has 0 fully saturated rings. The van der Waals surface area contributed by atoms with Gasteiger partial charge in [-0.2, -0.15) is 0 Å². The molecule has 1 N–H and O–H groups in total. The highest BCUT2D eigenvalue weighted by atomic mass is 16.6. The van der Waals surface area contributed by atoms with Crippen molar-refractivity contribution < 1.29 is 19.1 Å². The van der Waals surface area contributed by atoms with Gasteiger partial charge in [0.05, 0.1) is 23.9 Å². The number of hydrogen-bond donors (Lipinski definition) is 1. The molecule has 0 radical (unpaired) electrons. The number of aryl methyl sites for hydroxylation is 2. The molecule has 0 aliphatic carbocycles. The second kappa shape index (κ2) is 7.86. The number of amides is 1. The minimum Gasteiger partial charge on any atom is -0.482 e. The number of hydrogen-bond acceptors (Lipinski definition) is 5. The normalized spacial score (nSPS) is 10.5. The van der Waals surface area contributed by atoms with E-state index >= 15 is 0 Å². The Balaban J connectivity index is 1.74. The number of carbonyl (C=O) groups is 2. The third-order valence-electron chi connectivity index (χ3n) is 4.10. The fourth-order valence-corrected chi connectivity index (χ4v) is 2.66. The summed E-state index contributed by atoms with van der Waals surface area (Å²) in [5.41, 5.74) is 3.79.